The molecule has 0 saturated heterocycles. The van der Waals surface area contributed by atoms with Gasteiger partial charge in [-0.3, -0.25) is 4.79 Å². The van der Waals surface area contributed by atoms with Gasteiger partial charge in [-0.05, 0) is 6.08 Å². The van der Waals surface area contributed by atoms with Gasteiger partial charge in [-0.15, -0.1) is 0 Å². The highest BCUT2D eigenvalue weighted by molar-refractivity contribution is 6.50. The van der Waals surface area contributed by atoms with E-state index >= 15 is 0 Å². The van der Waals surface area contributed by atoms with E-state index in [-0.39, 0.29) is 0 Å². The van der Waals surface area contributed by atoms with Crippen LogP contribution in [0.4, 0.5) is 0 Å². The molecule has 1 amide bonds. The van der Waals surface area contributed by atoms with Crippen LogP contribution >= 0.6 is 0 Å². The number of carbonyl (C=O) groups excluding carboxylic acids is 1. The Kier molecular flexibility index (Phi) is 1.98. The van der Waals surface area contributed by atoms with Crippen LogP contribution in [0.2, 0.25) is 5.82 Å². The number of carbonyl (C=O) groups is 1. The monoisotopic (exact) mass is 139 g/mol. The Hall–Kier alpha value is -0.935. The minimum atomic E-state index is -1.64. The van der Waals surface area contributed by atoms with E-state index in [1.54, 1.807) is 0 Å². The van der Waals surface area contributed by atoms with Crippen molar-refractivity contribution in [2.45, 2.75) is 5.82 Å². The van der Waals surface area contributed by atoms with Crippen molar-refractivity contribution >= 4 is 19.2 Å². The molecule has 0 aromatic carbocycles. The van der Waals surface area contributed by atoms with Gasteiger partial charge in [0, 0.05) is 6.21 Å². The van der Waals surface area contributed by atoms with Crippen LogP contribution in [0.3, 0.4) is 0 Å². The van der Waals surface area contributed by atoms with E-state index in [1.807, 2.05) is 0 Å². The second-order valence-electron chi connectivity index (χ2n) is 1.94. The third-order valence-corrected chi connectivity index (χ3v) is 1.21. The molecule has 10 heavy (non-hydrogen) atoms. The number of dihydropyridines is 1. The summed E-state index contributed by atoms with van der Waals surface area (Å²) in [5, 5.41) is 17.1. The van der Waals surface area contributed by atoms with Gasteiger partial charge in [-0.1, -0.05) is 6.08 Å². The molecule has 1 heterocycles. The van der Waals surface area contributed by atoms with Crippen molar-refractivity contribution in [1.29, 1.82) is 0 Å². The molecule has 0 aromatic rings. The fraction of sp³-hybridized carbons (Fsp3) is 0.200. The van der Waals surface area contributed by atoms with Gasteiger partial charge in [0.05, 0.1) is 5.82 Å². The first-order valence-corrected chi connectivity index (χ1v) is 2.82. The summed E-state index contributed by atoms with van der Waals surface area (Å²) in [6.07, 6.45) is 4.23. The van der Waals surface area contributed by atoms with Crippen molar-refractivity contribution in [3.8, 4) is 0 Å². The van der Waals surface area contributed by atoms with Gasteiger partial charge in [0.15, 0.2) is 0 Å². The Balaban J connectivity index is 2.70. The van der Waals surface area contributed by atoms with Crippen molar-refractivity contribution in [3.63, 3.8) is 0 Å². The van der Waals surface area contributed by atoms with Crippen LogP contribution in [0.5, 0.6) is 0 Å². The first-order chi connectivity index (χ1) is 4.72. The third-order valence-electron chi connectivity index (χ3n) is 1.21. The molecule has 4 nitrogen and oxygen atoms in total. The van der Waals surface area contributed by atoms with Gasteiger partial charge in [-0.25, -0.2) is 4.99 Å². The van der Waals surface area contributed by atoms with Gasteiger partial charge in [0.25, 0.3) is 5.91 Å². The topological polar surface area (TPSA) is 69.9 Å². The fourth-order valence-corrected chi connectivity index (χ4v) is 0.681. The summed E-state index contributed by atoms with van der Waals surface area (Å²) >= 11 is 0. The average molecular weight is 139 g/mol. The molecule has 0 radical (unpaired) electrons. The second kappa shape index (κ2) is 2.77. The van der Waals surface area contributed by atoms with Crippen LogP contribution in [-0.2, 0) is 4.79 Å². The lowest BCUT2D eigenvalue weighted by Gasteiger charge is -2.07. The molecule has 1 rings (SSSR count). The standard InChI is InChI=1S/C5H6BNO3/c8-5-4(6(9)10)2-1-3-7-5/h1-4,9-10H. The Bertz CT molecular complexity index is 199. The zero-order valence-electron chi connectivity index (χ0n) is 5.14. The molecule has 1 aliphatic rings. The molecule has 1 aliphatic heterocycles. The Morgan fingerprint density at radius 2 is 2.30 bits per heavy atom. The molecule has 0 bridgehead atoms. The summed E-state index contributed by atoms with van der Waals surface area (Å²) in [6.45, 7) is 0. The molecule has 1 unspecified atom stereocenters. The molecule has 0 spiro atoms. The summed E-state index contributed by atoms with van der Waals surface area (Å²) in [7, 11) is -1.64. The highest BCUT2D eigenvalue weighted by Gasteiger charge is 2.28. The van der Waals surface area contributed by atoms with E-state index in [0.717, 1.165) is 0 Å². The summed E-state index contributed by atoms with van der Waals surface area (Å²) in [5.74, 6) is -1.40. The lowest BCUT2D eigenvalue weighted by Crippen LogP contribution is -2.25. The summed E-state index contributed by atoms with van der Waals surface area (Å²) < 4.78 is 0. The predicted molar refractivity (Wildman–Crippen MR) is 36.6 cm³/mol. The van der Waals surface area contributed by atoms with Crippen LogP contribution in [-0.4, -0.2) is 29.3 Å². The molecule has 5 heteroatoms. The fourth-order valence-electron chi connectivity index (χ4n) is 0.681. The van der Waals surface area contributed by atoms with E-state index in [4.69, 9.17) is 10.0 Å². The number of hydrogen-bond donors (Lipinski definition) is 2. The SMILES string of the molecule is O=C1N=CC=CC1B(O)O. The van der Waals surface area contributed by atoms with Crippen LogP contribution < -0.4 is 0 Å². The molecule has 52 valence electrons. The maximum atomic E-state index is 10.7. The zero-order chi connectivity index (χ0) is 7.56. The van der Waals surface area contributed by atoms with Gasteiger partial charge in [0.1, 0.15) is 0 Å². The summed E-state index contributed by atoms with van der Waals surface area (Å²) in [4.78, 5) is 14.0. The Morgan fingerprint density at radius 3 is 2.70 bits per heavy atom. The molecular formula is C5H6BNO3. The van der Waals surface area contributed by atoms with Crippen molar-refractivity contribution < 1.29 is 14.8 Å². The quantitative estimate of drug-likeness (QED) is 0.457. The minimum Gasteiger partial charge on any atom is -0.426 e. The predicted octanol–water partition coefficient (Wildman–Crippen LogP) is -1.00. The van der Waals surface area contributed by atoms with Gasteiger partial charge >= 0.3 is 7.12 Å². The van der Waals surface area contributed by atoms with E-state index < -0.39 is 18.8 Å². The van der Waals surface area contributed by atoms with Crippen LogP contribution in [0, 0.1) is 0 Å². The van der Waals surface area contributed by atoms with Crippen LogP contribution in [0.25, 0.3) is 0 Å². The molecule has 0 saturated carbocycles. The summed E-state index contributed by atoms with van der Waals surface area (Å²) in [6, 6.07) is 0. The smallest absolute Gasteiger partial charge is 0.426 e. The lowest BCUT2D eigenvalue weighted by atomic mass is 9.71. The van der Waals surface area contributed by atoms with Crippen molar-refractivity contribution in [3.05, 3.63) is 12.2 Å². The third kappa shape index (κ3) is 1.31. The number of allylic oxidation sites excluding steroid dienone is 1. The number of hydrogen-bond acceptors (Lipinski definition) is 3. The Labute approximate surface area is 58.0 Å². The lowest BCUT2D eigenvalue weighted by molar-refractivity contribution is -0.117. The number of aliphatic imine (C=N–C) groups is 1. The van der Waals surface area contributed by atoms with E-state index in [0.29, 0.717) is 0 Å². The van der Waals surface area contributed by atoms with Crippen molar-refractivity contribution in [2.75, 3.05) is 0 Å². The van der Waals surface area contributed by atoms with Gasteiger partial charge < -0.3 is 10.0 Å². The van der Waals surface area contributed by atoms with Gasteiger partial charge in [-0.2, -0.15) is 0 Å². The number of rotatable bonds is 1. The van der Waals surface area contributed by atoms with Crippen LogP contribution in [0.15, 0.2) is 17.1 Å². The molecule has 1 atom stereocenters. The van der Waals surface area contributed by atoms with Crippen molar-refractivity contribution in [2.24, 2.45) is 4.99 Å². The number of amides is 1. The minimum absolute atomic E-state index is 0.516. The Morgan fingerprint density at radius 1 is 1.60 bits per heavy atom. The maximum absolute atomic E-state index is 10.7. The van der Waals surface area contributed by atoms with E-state index in [1.165, 1.54) is 18.4 Å². The highest BCUT2D eigenvalue weighted by Crippen LogP contribution is 2.13. The molecule has 0 aromatic heterocycles. The van der Waals surface area contributed by atoms with Crippen molar-refractivity contribution in [1.82, 2.24) is 0 Å². The van der Waals surface area contributed by atoms with E-state index in [9.17, 15) is 4.79 Å². The first-order valence-electron chi connectivity index (χ1n) is 2.82. The second-order valence-corrected chi connectivity index (χ2v) is 1.94. The summed E-state index contributed by atoms with van der Waals surface area (Å²) in [5.41, 5.74) is 0. The maximum Gasteiger partial charge on any atom is 0.468 e. The highest BCUT2D eigenvalue weighted by atomic mass is 16.4. The zero-order valence-corrected chi connectivity index (χ0v) is 5.14. The molecule has 0 aliphatic carbocycles. The molecule has 2 N–H and O–H groups in total. The normalized spacial score (nSPS) is 23.4. The largest absolute Gasteiger partial charge is 0.468 e. The number of nitrogens with zero attached hydrogens (tertiary/aromatic N) is 1. The average Bonchev–Trinajstić information content (AvgIpc) is 1.88. The molecular weight excluding hydrogens is 133 g/mol. The van der Waals surface area contributed by atoms with E-state index in [2.05, 4.69) is 4.99 Å². The first kappa shape index (κ1) is 7.18. The van der Waals surface area contributed by atoms with Crippen LogP contribution in [0.1, 0.15) is 0 Å². The molecule has 0 fully saturated rings. The van der Waals surface area contributed by atoms with Gasteiger partial charge in [0.2, 0.25) is 0 Å².